The molecule has 2 rings (SSSR count). The van der Waals surface area contributed by atoms with Gasteiger partial charge in [0.2, 0.25) is 10.0 Å². The van der Waals surface area contributed by atoms with Gasteiger partial charge in [-0.05, 0) is 44.5 Å². The van der Waals surface area contributed by atoms with Crippen molar-refractivity contribution >= 4 is 15.9 Å². The third kappa shape index (κ3) is 6.17. The van der Waals surface area contributed by atoms with E-state index in [0.717, 1.165) is 5.56 Å². The molecule has 0 fully saturated rings. The molecule has 156 valence electrons. The van der Waals surface area contributed by atoms with E-state index in [1.807, 2.05) is 30.3 Å². The number of benzene rings is 2. The zero-order valence-electron chi connectivity index (χ0n) is 17.3. The molecule has 0 aromatic heterocycles. The van der Waals surface area contributed by atoms with Gasteiger partial charge in [-0.3, -0.25) is 4.79 Å². The maximum atomic E-state index is 13.1. The number of ether oxygens (including phenoxy) is 1. The molecule has 0 saturated carbocycles. The van der Waals surface area contributed by atoms with Crippen LogP contribution in [0.1, 0.15) is 36.7 Å². The Labute approximate surface area is 173 Å². The number of amides is 1. The first-order valence-corrected chi connectivity index (χ1v) is 10.7. The van der Waals surface area contributed by atoms with Gasteiger partial charge in [-0.2, -0.15) is 0 Å². The second-order valence-corrected chi connectivity index (χ2v) is 9.33. The van der Waals surface area contributed by atoms with Gasteiger partial charge in [0.1, 0.15) is 10.6 Å². The third-order valence-corrected chi connectivity index (χ3v) is 5.77. The molecule has 0 saturated heterocycles. The molecule has 7 heteroatoms. The van der Waals surface area contributed by atoms with E-state index in [9.17, 15) is 13.2 Å². The normalized spacial score (nSPS) is 11.7. The first-order valence-electron chi connectivity index (χ1n) is 9.23. The standard InChI is InChI=1S/C22H28N2O4S/c1-6-14-24(16-17-10-8-7-9-11-17)21(25)18-12-13-19(28-5)20(15-18)29(26,27)23-22(2,3)4/h6-13,15,23H,1,14,16H2,2-5H3. The number of nitrogens with one attached hydrogen (secondary N) is 1. The zero-order valence-corrected chi connectivity index (χ0v) is 18.1. The van der Waals surface area contributed by atoms with Gasteiger partial charge in [-0.1, -0.05) is 36.4 Å². The Bertz CT molecular complexity index is 964. The van der Waals surface area contributed by atoms with E-state index >= 15 is 0 Å². The van der Waals surface area contributed by atoms with Crippen LogP contribution in [0.5, 0.6) is 5.75 Å². The van der Waals surface area contributed by atoms with Crippen LogP contribution >= 0.6 is 0 Å². The summed E-state index contributed by atoms with van der Waals surface area (Å²) in [6.07, 6.45) is 1.64. The molecule has 0 bridgehead atoms. The molecule has 0 heterocycles. The quantitative estimate of drug-likeness (QED) is 0.667. The fourth-order valence-corrected chi connectivity index (χ4v) is 4.45. The van der Waals surface area contributed by atoms with Gasteiger partial charge < -0.3 is 9.64 Å². The van der Waals surface area contributed by atoms with Crippen LogP contribution in [0.25, 0.3) is 0 Å². The van der Waals surface area contributed by atoms with Crippen LogP contribution in [-0.4, -0.2) is 38.4 Å². The number of rotatable bonds is 8. The van der Waals surface area contributed by atoms with Crippen molar-refractivity contribution in [1.29, 1.82) is 0 Å². The molecular weight excluding hydrogens is 388 g/mol. The van der Waals surface area contributed by atoms with Gasteiger partial charge in [-0.25, -0.2) is 13.1 Å². The summed E-state index contributed by atoms with van der Waals surface area (Å²) in [4.78, 5) is 14.7. The minimum absolute atomic E-state index is 0.0703. The second kappa shape index (κ2) is 9.24. The van der Waals surface area contributed by atoms with E-state index in [0.29, 0.717) is 13.1 Å². The van der Waals surface area contributed by atoms with E-state index in [4.69, 9.17) is 4.74 Å². The molecule has 2 aromatic rings. The topological polar surface area (TPSA) is 75.7 Å². The fraction of sp³-hybridized carbons (Fsp3) is 0.318. The van der Waals surface area contributed by atoms with Crippen molar-refractivity contribution in [3.05, 3.63) is 72.3 Å². The van der Waals surface area contributed by atoms with Crippen molar-refractivity contribution < 1.29 is 17.9 Å². The lowest BCUT2D eigenvalue weighted by molar-refractivity contribution is 0.0762. The Kier molecular flexibility index (Phi) is 7.21. The van der Waals surface area contributed by atoms with Crippen molar-refractivity contribution in [1.82, 2.24) is 9.62 Å². The number of methoxy groups -OCH3 is 1. The highest BCUT2D eigenvalue weighted by Gasteiger charge is 2.27. The molecule has 0 spiro atoms. The molecule has 6 nitrogen and oxygen atoms in total. The minimum Gasteiger partial charge on any atom is -0.495 e. The average Bonchev–Trinajstić information content (AvgIpc) is 2.65. The Morgan fingerprint density at radius 2 is 1.83 bits per heavy atom. The van der Waals surface area contributed by atoms with Crippen LogP contribution in [0, 0.1) is 0 Å². The van der Waals surface area contributed by atoms with Crippen LogP contribution in [0.3, 0.4) is 0 Å². The van der Waals surface area contributed by atoms with E-state index in [2.05, 4.69) is 11.3 Å². The van der Waals surface area contributed by atoms with Gasteiger partial charge in [0.25, 0.3) is 5.91 Å². The molecule has 0 atom stereocenters. The number of carbonyl (C=O) groups is 1. The maximum Gasteiger partial charge on any atom is 0.254 e. The van der Waals surface area contributed by atoms with Crippen molar-refractivity contribution in [3.63, 3.8) is 0 Å². The largest absolute Gasteiger partial charge is 0.495 e. The van der Waals surface area contributed by atoms with E-state index in [-0.39, 0.29) is 22.1 Å². The number of hydrogen-bond acceptors (Lipinski definition) is 4. The van der Waals surface area contributed by atoms with Crippen molar-refractivity contribution in [2.45, 2.75) is 37.8 Å². The summed E-state index contributed by atoms with van der Waals surface area (Å²) in [7, 11) is -2.48. The van der Waals surface area contributed by atoms with Crippen LogP contribution < -0.4 is 9.46 Å². The first-order chi connectivity index (χ1) is 13.6. The molecular formula is C22H28N2O4S. The SMILES string of the molecule is C=CCN(Cc1ccccc1)C(=O)c1ccc(OC)c(S(=O)(=O)NC(C)(C)C)c1. The van der Waals surface area contributed by atoms with Crippen LogP contribution in [0.2, 0.25) is 0 Å². The molecule has 0 radical (unpaired) electrons. The summed E-state index contributed by atoms with van der Waals surface area (Å²) in [5.74, 6) is -0.111. The highest BCUT2D eigenvalue weighted by molar-refractivity contribution is 7.89. The molecule has 1 N–H and O–H groups in total. The lowest BCUT2D eigenvalue weighted by Crippen LogP contribution is -2.40. The van der Waals surface area contributed by atoms with Crippen LogP contribution in [-0.2, 0) is 16.6 Å². The predicted molar refractivity (Wildman–Crippen MR) is 114 cm³/mol. The van der Waals surface area contributed by atoms with Crippen LogP contribution in [0.15, 0.2) is 66.1 Å². The third-order valence-electron chi connectivity index (χ3n) is 3.99. The molecule has 0 aliphatic rings. The Balaban J connectivity index is 2.42. The average molecular weight is 417 g/mol. The Morgan fingerprint density at radius 3 is 2.38 bits per heavy atom. The summed E-state index contributed by atoms with van der Waals surface area (Å²) < 4.78 is 33.5. The van der Waals surface area contributed by atoms with Crippen molar-refractivity contribution in [2.75, 3.05) is 13.7 Å². The lowest BCUT2D eigenvalue weighted by Gasteiger charge is -2.23. The summed E-state index contributed by atoms with van der Waals surface area (Å²) in [5, 5.41) is 0. The smallest absolute Gasteiger partial charge is 0.254 e. The van der Waals surface area contributed by atoms with Gasteiger partial charge in [0.05, 0.1) is 7.11 Å². The Morgan fingerprint density at radius 1 is 1.17 bits per heavy atom. The minimum atomic E-state index is -3.88. The number of hydrogen-bond donors (Lipinski definition) is 1. The van der Waals surface area contributed by atoms with E-state index < -0.39 is 15.6 Å². The summed E-state index contributed by atoms with van der Waals surface area (Å²) in [5.41, 5.74) is 0.558. The van der Waals surface area contributed by atoms with Crippen LogP contribution in [0.4, 0.5) is 0 Å². The summed E-state index contributed by atoms with van der Waals surface area (Å²) >= 11 is 0. The molecule has 1 amide bonds. The summed E-state index contributed by atoms with van der Waals surface area (Å²) in [6, 6.07) is 14.0. The van der Waals surface area contributed by atoms with Gasteiger partial charge in [-0.15, -0.1) is 6.58 Å². The highest BCUT2D eigenvalue weighted by atomic mass is 32.2. The molecule has 0 aliphatic heterocycles. The molecule has 2 aromatic carbocycles. The monoisotopic (exact) mass is 416 g/mol. The van der Waals surface area contributed by atoms with Crippen molar-refractivity contribution in [2.24, 2.45) is 0 Å². The zero-order chi connectivity index (χ0) is 21.7. The number of nitrogens with zero attached hydrogens (tertiary/aromatic N) is 1. The molecule has 29 heavy (non-hydrogen) atoms. The Hall–Kier alpha value is -2.64. The number of carbonyl (C=O) groups excluding carboxylic acids is 1. The molecule has 0 unspecified atom stereocenters. The lowest BCUT2D eigenvalue weighted by atomic mass is 10.1. The van der Waals surface area contributed by atoms with Crippen molar-refractivity contribution in [3.8, 4) is 5.75 Å². The summed E-state index contributed by atoms with van der Waals surface area (Å²) in [6.45, 7) is 9.69. The predicted octanol–water partition coefficient (Wildman–Crippen LogP) is 3.60. The second-order valence-electron chi connectivity index (χ2n) is 7.68. The highest BCUT2D eigenvalue weighted by Crippen LogP contribution is 2.27. The van der Waals surface area contributed by atoms with E-state index in [1.54, 1.807) is 37.8 Å². The molecule has 0 aliphatic carbocycles. The fourth-order valence-electron chi connectivity index (χ4n) is 2.84. The van der Waals surface area contributed by atoms with E-state index in [1.165, 1.54) is 19.2 Å². The van der Waals surface area contributed by atoms with Gasteiger partial charge >= 0.3 is 0 Å². The van der Waals surface area contributed by atoms with Gasteiger partial charge in [0, 0.05) is 24.2 Å². The van der Waals surface area contributed by atoms with Gasteiger partial charge in [0.15, 0.2) is 0 Å². The first kappa shape index (κ1) is 22.6. The maximum absolute atomic E-state index is 13.1. The number of sulfonamides is 1.